The van der Waals surface area contributed by atoms with Crippen molar-refractivity contribution in [3.05, 3.63) is 75.7 Å². The molecule has 0 saturated heterocycles. The summed E-state index contributed by atoms with van der Waals surface area (Å²) in [6, 6.07) is 13.4. The number of para-hydroxylation sites is 1. The number of ether oxygens (including phenoxy) is 1. The highest BCUT2D eigenvalue weighted by Crippen LogP contribution is 2.23. The Hall–Kier alpha value is -2.99. The topological polar surface area (TPSA) is 59.3 Å². The summed E-state index contributed by atoms with van der Waals surface area (Å²) in [6.07, 6.45) is 17.8. The van der Waals surface area contributed by atoms with Crippen molar-refractivity contribution < 1.29 is 18.9 Å². The molecule has 41 heavy (non-hydrogen) atoms. The van der Waals surface area contributed by atoms with E-state index in [4.69, 9.17) is 4.74 Å². The van der Waals surface area contributed by atoms with Crippen LogP contribution in [0.1, 0.15) is 117 Å². The Bertz CT molecular complexity index is 1220. The Labute approximate surface area is 251 Å². The van der Waals surface area contributed by atoms with Gasteiger partial charge in [-0.3, -0.25) is 9.59 Å². The molecule has 0 spiro atoms. The van der Waals surface area contributed by atoms with E-state index in [1.165, 1.54) is 69.2 Å². The average Bonchev–Trinajstić information content (AvgIpc) is 3.36. The zero-order valence-corrected chi connectivity index (χ0v) is 26.2. The molecular formula is C35H49N2O3S+. The van der Waals surface area contributed by atoms with Gasteiger partial charge in [-0.25, -0.2) is 0 Å². The van der Waals surface area contributed by atoms with E-state index in [0.29, 0.717) is 24.5 Å². The highest BCUT2D eigenvalue weighted by atomic mass is 32.1. The summed E-state index contributed by atoms with van der Waals surface area (Å²) < 4.78 is 8.17. The molecule has 1 N–H and O–H groups in total. The molecule has 0 aliphatic rings. The SMILES string of the molecule is CCCCCCCCCCCCCCOc1ccc(CC(=O)Nc2ccccc2C[n+]2ccsc2C)cc1C(C)=O. The molecule has 0 saturated carbocycles. The van der Waals surface area contributed by atoms with Crippen molar-refractivity contribution in [2.24, 2.45) is 0 Å². The predicted octanol–water partition coefficient (Wildman–Crippen LogP) is 8.86. The van der Waals surface area contributed by atoms with E-state index in [-0.39, 0.29) is 18.1 Å². The van der Waals surface area contributed by atoms with Crippen molar-refractivity contribution >= 4 is 28.7 Å². The van der Waals surface area contributed by atoms with Crippen LogP contribution in [0.25, 0.3) is 0 Å². The van der Waals surface area contributed by atoms with Gasteiger partial charge < -0.3 is 10.1 Å². The van der Waals surface area contributed by atoms with Gasteiger partial charge in [-0.05, 0) is 37.1 Å². The summed E-state index contributed by atoms with van der Waals surface area (Å²) in [6.45, 7) is 7.21. The fraction of sp³-hybridized carbons (Fsp3) is 0.514. The van der Waals surface area contributed by atoms with Gasteiger partial charge in [-0.2, -0.15) is 4.57 Å². The van der Waals surface area contributed by atoms with E-state index in [1.54, 1.807) is 24.3 Å². The maximum Gasteiger partial charge on any atom is 0.234 e. The number of anilines is 1. The van der Waals surface area contributed by atoms with E-state index < -0.39 is 0 Å². The molecule has 1 heterocycles. The number of aryl methyl sites for hydroxylation is 1. The van der Waals surface area contributed by atoms with Gasteiger partial charge in [0.2, 0.25) is 10.9 Å². The Morgan fingerprint density at radius 1 is 0.878 bits per heavy atom. The van der Waals surface area contributed by atoms with Crippen LogP contribution in [0.4, 0.5) is 5.69 Å². The highest BCUT2D eigenvalue weighted by molar-refractivity contribution is 7.09. The van der Waals surface area contributed by atoms with Gasteiger partial charge in [-0.1, -0.05) is 113 Å². The first-order valence-electron chi connectivity index (χ1n) is 15.6. The molecule has 1 aromatic heterocycles. The van der Waals surface area contributed by atoms with Crippen molar-refractivity contribution in [1.82, 2.24) is 0 Å². The third-order valence-electron chi connectivity index (χ3n) is 7.56. The number of carbonyl (C=O) groups is 2. The minimum Gasteiger partial charge on any atom is -0.493 e. The fourth-order valence-electron chi connectivity index (χ4n) is 5.10. The number of unbranched alkanes of at least 4 members (excludes halogenated alkanes) is 11. The zero-order chi connectivity index (χ0) is 29.3. The van der Waals surface area contributed by atoms with E-state index in [2.05, 4.69) is 35.3 Å². The number of nitrogens with one attached hydrogen (secondary N) is 1. The number of amides is 1. The lowest BCUT2D eigenvalue weighted by atomic mass is 10.0. The van der Waals surface area contributed by atoms with Crippen LogP contribution < -0.4 is 14.6 Å². The Kier molecular flexibility index (Phi) is 14.6. The van der Waals surface area contributed by atoms with Crippen LogP contribution in [0.3, 0.4) is 0 Å². The summed E-state index contributed by atoms with van der Waals surface area (Å²) in [4.78, 5) is 25.3. The van der Waals surface area contributed by atoms with Gasteiger partial charge in [0.25, 0.3) is 0 Å². The van der Waals surface area contributed by atoms with Gasteiger partial charge in [0.1, 0.15) is 5.75 Å². The van der Waals surface area contributed by atoms with E-state index >= 15 is 0 Å². The molecule has 5 nitrogen and oxygen atoms in total. The quantitative estimate of drug-likeness (QED) is 0.0829. The van der Waals surface area contributed by atoms with E-state index in [1.807, 2.05) is 36.4 Å². The van der Waals surface area contributed by atoms with Crippen molar-refractivity contribution in [3.8, 4) is 5.75 Å². The fourth-order valence-corrected chi connectivity index (χ4v) is 5.76. The molecule has 0 atom stereocenters. The molecular weight excluding hydrogens is 528 g/mol. The number of thiazole rings is 1. The maximum absolute atomic E-state index is 12.9. The molecule has 0 unspecified atom stereocenters. The summed E-state index contributed by atoms with van der Waals surface area (Å²) >= 11 is 1.70. The minimum absolute atomic E-state index is 0.0505. The zero-order valence-electron chi connectivity index (χ0n) is 25.4. The number of carbonyl (C=O) groups excluding carboxylic acids is 2. The summed E-state index contributed by atoms with van der Waals surface area (Å²) in [5.74, 6) is 0.452. The molecule has 0 fully saturated rings. The lowest BCUT2D eigenvalue weighted by Crippen LogP contribution is -2.34. The van der Waals surface area contributed by atoms with Crippen LogP contribution in [0.2, 0.25) is 0 Å². The lowest BCUT2D eigenvalue weighted by molar-refractivity contribution is -0.689. The number of Topliss-reactive ketones (excluding diaryl/α,β-unsaturated/α-hetero) is 1. The smallest absolute Gasteiger partial charge is 0.234 e. The predicted molar refractivity (Wildman–Crippen MR) is 170 cm³/mol. The van der Waals surface area contributed by atoms with Gasteiger partial charge in [0, 0.05) is 12.5 Å². The highest BCUT2D eigenvalue weighted by Gasteiger charge is 2.15. The second kappa shape index (κ2) is 18.4. The first-order chi connectivity index (χ1) is 20.0. The number of nitrogens with zero attached hydrogens (tertiary/aromatic N) is 1. The normalized spacial score (nSPS) is 11.0. The monoisotopic (exact) mass is 577 g/mol. The summed E-state index contributed by atoms with van der Waals surface area (Å²) in [5, 5.41) is 6.35. The number of hydrogen-bond acceptors (Lipinski definition) is 4. The molecule has 0 radical (unpaired) electrons. The Balaban J connectivity index is 1.41. The number of benzene rings is 2. The van der Waals surface area contributed by atoms with Crippen LogP contribution in [0, 0.1) is 6.92 Å². The summed E-state index contributed by atoms with van der Waals surface area (Å²) in [5.41, 5.74) is 3.20. The minimum atomic E-state index is -0.107. The maximum atomic E-state index is 12.9. The molecule has 3 rings (SSSR count). The molecule has 3 aromatic rings. The number of rotatable bonds is 20. The van der Waals surface area contributed by atoms with Crippen molar-refractivity contribution in [2.45, 2.75) is 111 Å². The molecule has 6 heteroatoms. The molecule has 2 aromatic carbocycles. The van der Waals surface area contributed by atoms with E-state index in [0.717, 1.165) is 29.7 Å². The van der Waals surface area contributed by atoms with Crippen molar-refractivity contribution in [3.63, 3.8) is 0 Å². The first-order valence-corrected chi connectivity index (χ1v) is 16.4. The van der Waals surface area contributed by atoms with Crippen LogP contribution in [-0.4, -0.2) is 18.3 Å². The Morgan fingerprint density at radius 3 is 2.17 bits per heavy atom. The molecule has 1 amide bonds. The van der Waals surface area contributed by atoms with Gasteiger partial charge >= 0.3 is 0 Å². The van der Waals surface area contributed by atoms with Gasteiger partial charge in [-0.15, -0.1) is 0 Å². The van der Waals surface area contributed by atoms with Gasteiger partial charge in [0.15, 0.2) is 18.5 Å². The molecule has 0 aliphatic heterocycles. The number of aromatic nitrogens is 1. The third kappa shape index (κ3) is 11.8. The first kappa shape index (κ1) is 32.5. The Morgan fingerprint density at radius 2 is 1.54 bits per heavy atom. The van der Waals surface area contributed by atoms with Gasteiger partial charge in [0.05, 0.1) is 29.7 Å². The molecule has 0 aliphatic carbocycles. The number of hydrogen-bond donors (Lipinski definition) is 1. The summed E-state index contributed by atoms with van der Waals surface area (Å²) in [7, 11) is 0. The molecule has 0 bridgehead atoms. The van der Waals surface area contributed by atoms with Crippen LogP contribution in [-0.2, 0) is 17.8 Å². The average molecular weight is 578 g/mol. The molecule has 222 valence electrons. The second-order valence-corrected chi connectivity index (χ2v) is 12.2. The largest absolute Gasteiger partial charge is 0.493 e. The van der Waals surface area contributed by atoms with E-state index in [9.17, 15) is 9.59 Å². The second-order valence-electron chi connectivity index (χ2n) is 11.1. The third-order valence-corrected chi connectivity index (χ3v) is 8.39. The van der Waals surface area contributed by atoms with Crippen LogP contribution in [0.5, 0.6) is 5.75 Å². The van der Waals surface area contributed by atoms with Crippen molar-refractivity contribution in [2.75, 3.05) is 11.9 Å². The van der Waals surface area contributed by atoms with Crippen molar-refractivity contribution in [1.29, 1.82) is 0 Å². The van der Waals surface area contributed by atoms with Crippen LogP contribution in [0.15, 0.2) is 54.0 Å². The van der Waals surface area contributed by atoms with Crippen LogP contribution >= 0.6 is 11.3 Å². The lowest BCUT2D eigenvalue weighted by Gasteiger charge is -2.13. The number of ketones is 1. The standard InChI is InChI=1S/C35H48N2O3S/c1-4-5-6-7-8-9-10-11-12-13-14-17-23-40-34-21-20-30(25-32(34)28(2)38)26-35(39)36-33-19-16-15-18-31(33)27-37-22-24-41-29(37)3/h15-16,18-22,24-25H,4-14,17,23,26-27H2,1-3H3/p+1.